The van der Waals surface area contributed by atoms with E-state index < -0.39 is 11.6 Å². The Bertz CT molecular complexity index is 1420. The lowest BCUT2D eigenvalue weighted by atomic mass is 10.0. The average Bonchev–Trinajstić information content (AvgIpc) is 3.46. The van der Waals surface area contributed by atoms with Gasteiger partial charge in [-0.3, -0.25) is 14.8 Å². The third-order valence-corrected chi connectivity index (χ3v) is 7.39. The second-order valence-corrected chi connectivity index (χ2v) is 11.1. The minimum Gasteiger partial charge on any atom is -0.469 e. The monoisotopic (exact) mass is 546 g/mol. The van der Waals surface area contributed by atoms with Gasteiger partial charge in [-0.05, 0) is 45.7 Å². The lowest BCUT2D eigenvalue weighted by Gasteiger charge is -2.33. The smallest absolute Gasteiger partial charge is 0.324 e. The Kier molecular flexibility index (Phi) is 6.57. The first-order valence-electron chi connectivity index (χ1n) is 13.7. The molecule has 0 radical (unpaired) electrons. The van der Waals surface area contributed by atoms with Gasteiger partial charge in [-0.2, -0.15) is 10.1 Å². The molecule has 2 aromatic heterocycles. The summed E-state index contributed by atoms with van der Waals surface area (Å²) in [6.45, 7) is 8.24. The third kappa shape index (κ3) is 5.18. The lowest BCUT2D eigenvalue weighted by molar-refractivity contribution is 0.0297. The molecule has 12 nitrogen and oxygen atoms in total. The van der Waals surface area contributed by atoms with Gasteiger partial charge in [0.2, 0.25) is 11.8 Å². The predicted octanol–water partition coefficient (Wildman–Crippen LogP) is 3.52. The Hall–Kier alpha value is -4.19. The van der Waals surface area contributed by atoms with E-state index in [1.165, 1.54) is 0 Å². The van der Waals surface area contributed by atoms with Crippen molar-refractivity contribution >= 4 is 29.4 Å². The number of nitrogens with zero attached hydrogens (tertiary/aromatic N) is 6. The number of aryl methyl sites for hydroxylation is 1. The quantitative estimate of drug-likeness (QED) is 0.498. The second-order valence-electron chi connectivity index (χ2n) is 11.1. The molecule has 5 heterocycles. The van der Waals surface area contributed by atoms with Crippen LogP contribution in [0.3, 0.4) is 0 Å². The average molecular weight is 547 g/mol. The van der Waals surface area contributed by atoms with E-state index in [2.05, 4.69) is 20.6 Å². The molecule has 2 fully saturated rings. The number of rotatable bonds is 5. The van der Waals surface area contributed by atoms with Crippen molar-refractivity contribution < 1.29 is 19.1 Å². The van der Waals surface area contributed by atoms with Gasteiger partial charge in [-0.15, -0.1) is 0 Å². The van der Waals surface area contributed by atoms with Gasteiger partial charge in [0.1, 0.15) is 11.2 Å². The van der Waals surface area contributed by atoms with Crippen LogP contribution in [0.15, 0.2) is 36.5 Å². The summed E-state index contributed by atoms with van der Waals surface area (Å²) in [6, 6.07) is 8.54. The summed E-state index contributed by atoms with van der Waals surface area (Å²) in [5.41, 5.74) is 1.53. The highest BCUT2D eigenvalue weighted by Crippen LogP contribution is 2.37. The van der Waals surface area contributed by atoms with E-state index in [0.29, 0.717) is 60.8 Å². The molecular weight excluding hydrogens is 512 g/mol. The molecule has 3 aromatic rings. The van der Waals surface area contributed by atoms with Crippen LogP contribution in [-0.2, 0) is 11.8 Å². The molecule has 3 aliphatic rings. The molecule has 3 aliphatic heterocycles. The van der Waals surface area contributed by atoms with Gasteiger partial charge in [0.05, 0.1) is 24.4 Å². The molecule has 1 aromatic carbocycles. The SMILES string of the molecule is CCN1CC(C)(C)Oc2nc(N3CC4CC[C@H](C3)O4)nc(-c3ccc(NC(=O)Nc4ccn(C)n4)cc3)c2C1=O. The number of nitrogens with one attached hydrogen (secondary N) is 2. The first kappa shape index (κ1) is 26.1. The van der Waals surface area contributed by atoms with Crippen LogP contribution in [0, 0.1) is 0 Å². The summed E-state index contributed by atoms with van der Waals surface area (Å²) >= 11 is 0. The maximum atomic E-state index is 13.8. The number of amides is 3. The first-order chi connectivity index (χ1) is 19.2. The number of hydrogen-bond donors (Lipinski definition) is 2. The summed E-state index contributed by atoms with van der Waals surface area (Å²) < 4.78 is 14.0. The van der Waals surface area contributed by atoms with E-state index in [4.69, 9.17) is 19.4 Å². The van der Waals surface area contributed by atoms with Crippen LogP contribution >= 0.6 is 0 Å². The van der Waals surface area contributed by atoms with Crippen LogP contribution < -0.4 is 20.3 Å². The van der Waals surface area contributed by atoms with Crippen LogP contribution in [0.4, 0.5) is 22.2 Å². The number of carbonyl (C=O) groups is 2. The number of ether oxygens (including phenoxy) is 2. The Morgan fingerprint density at radius 2 is 1.80 bits per heavy atom. The summed E-state index contributed by atoms with van der Waals surface area (Å²) in [6.07, 6.45) is 4.10. The minimum absolute atomic E-state index is 0.154. The maximum Gasteiger partial charge on any atom is 0.324 e. The van der Waals surface area contributed by atoms with Gasteiger partial charge in [-0.25, -0.2) is 9.78 Å². The van der Waals surface area contributed by atoms with Crippen molar-refractivity contribution in [2.75, 3.05) is 41.7 Å². The Morgan fingerprint density at radius 3 is 2.45 bits per heavy atom. The number of hydrogen-bond acceptors (Lipinski definition) is 8. The minimum atomic E-state index is -0.626. The first-order valence-corrected chi connectivity index (χ1v) is 13.7. The summed E-state index contributed by atoms with van der Waals surface area (Å²) in [7, 11) is 1.78. The Balaban J connectivity index is 1.35. The largest absolute Gasteiger partial charge is 0.469 e. The van der Waals surface area contributed by atoms with Crippen LogP contribution in [0.1, 0.15) is 44.0 Å². The molecule has 2 N–H and O–H groups in total. The van der Waals surface area contributed by atoms with E-state index in [1.54, 1.807) is 41.0 Å². The van der Waals surface area contributed by atoms with E-state index in [-0.39, 0.29) is 18.1 Å². The van der Waals surface area contributed by atoms with Crippen molar-refractivity contribution in [2.45, 2.75) is 51.4 Å². The number of fused-ring (bicyclic) bond motifs is 3. The predicted molar refractivity (Wildman–Crippen MR) is 150 cm³/mol. The van der Waals surface area contributed by atoms with Crippen LogP contribution in [0.5, 0.6) is 5.88 Å². The highest BCUT2D eigenvalue weighted by Gasteiger charge is 2.39. The van der Waals surface area contributed by atoms with Gasteiger partial charge in [-0.1, -0.05) is 12.1 Å². The molecule has 0 saturated carbocycles. The number of anilines is 3. The van der Waals surface area contributed by atoms with E-state index >= 15 is 0 Å². The molecule has 2 atom stereocenters. The van der Waals surface area contributed by atoms with Crippen molar-refractivity contribution in [3.05, 3.63) is 42.1 Å². The zero-order chi connectivity index (χ0) is 28.0. The normalized spacial score (nSPS) is 21.4. The van der Waals surface area contributed by atoms with E-state index in [0.717, 1.165) is 18.4 Å². The Labute approximate surface area is 232 Å². The summed E-state index contributed by atoms with van der Waals surface area (Å²) in [4.78, 5) is 39.9. The molecule has 3 amide bonds. The van der Waals surface area contributed by atoms with Gasteiger partial charge in [0, 0.05) is 50.2 Å². The topological polar surface area (TPSA) is 127 Å². The molecule has 2 saturated heterocycles. The van der Waals surface area contributed by atoms with Gasteiger partial charge < -0.3 is 24.6 Å². The summed E-state index contributed by atoms with van der Waals surface area (Å²) in [5.74, 6) is 1.11. The molecule has 12 heteroatoms. The van der Waals surface area contributed by atoms with Crippen molar-refractivity contribution in [1.82, 2.24) is 24.6 Å². The molecule has 210 valence electrons. The van der Waals surface area contributed by atoms with Crippen LogP contribution in [-0.4, -0.2) is 80.6 Å². The lowest BCUT2D eigenvalue weighted by Crippen LogP contribution is -2.43. The standard InChI is InChI=1S/C28H34N8O4/c1-5-35-16-28(2,3)40-24-22(25(35)37)23(31-26(32-24)36-14-19-10-11-20(15-36)39-19)17-6-8-18(9-7-17)29-27(38)30-21-12-13-34(4)33-21/h6-9,12-13,19-20H,5,10-11,14-16H2,1-4H3,(H2,29,30,33,38)/t19-,20?/m1/s1. The fourth-order valence-corrected chi connectivity index (χ4v) is 5.53. The maximum absolute atomic E-state index is 13.8. The van der Waals surface area contributed by atoms with Crippen LogP contribution in [0.25, 0.3) is 11.3 Å². The fourth-order valence-electron chi connectivity index (χ4n) is 5.53. The van der Waals surface area contributed by atoms with Gasteiger partial charge >= 0.3 is 6.03 Å². The van der Waals surface area contributed by atoms with Gasteiger partial charge in [0.15, 0.2) is 5.82 Å². The van der Waals surface area contributed by atoms with Crippen molar-refractivity contribution in [1.29, 1.82) is 0 Å². The highest BCUT2D eigenvalue weighted by atomic mass is 16.5. The van der Waals surface area contributed by atoms with Crippen molar-refractivity contribution in [3.8, 4) is 17.1 Å². The molecule has 6 rings (SSSR count). The van der Waals surface area contributed by atoms with Crippen molar-refractivity contribution in [3.63, 3.8) is 0 Å². The number of urea groups is 1. The molecule has 1 unspecified atom stereocenters. The molecule has 2 bridgehead atoms. The third-order valence-electron chi connectivity index (χ3n) is 7.39. The zero-order valence-electron chi connectivity index (χ0n) is 23.2. The number of morpholine rings is 1. The fraction of sp³-hybridized carbons (Fsp3) is 0.464. The van der Waals surface area contributed by atoms with E-state index in [9.17, 15) is 9.59 Å². The molecular formula is C28H34N8O4. The van der Waals surface area contributed by atoms with Gasteiger partial charge in [0.25, 0.3) is 5.91 Å². The highest BCUT2D eigenvalue weighted by molar-refractivity contribution is 6.03. The summed E-state index contributed by atoms with van der Waals surface area (Å²) in [5, 5.41) is 9.67. The van der Waals surface area contributed by atoms with Crippen molar-refractivity contribution in [2.24, 2.45) is 7.05 Å². The molecule has 0 aliphatic carbocycles. The Morgan fingerprint density at radius 1 is 1.07 bits per heavy atom. The number of aromatic nitrogens is 4. The second kappa shape index (κ2) is 10.1. The number of carbonyl (C=O) groups excluding carboxylic acids is 2. The number of benzene rings is 1. The van der Waals surface area contributed by atoms with E-state index in [1.807, 2.05) is 32.9 Å². The number of likely N-dealkylation sites (N-methyl/N-ethyl adjacent to an activating group) is 1. The molecule has 0 spiro atoms. The van der Waals surface area contributed by atoms with Crippen LogP contribution in [0.2, 0.25) is 0 Å². The zero-order valence-corrected chi connectivity index (χ0v) is 23.2. The molecule has 40 heavy (non-hydrogen) atoms.